The van der Waals surface area contributed by atoms with Crippen LogP contribution in [-0.2, 0) is 16.0 Å². The molecule has 46 heavy (non-hydrogen) atoms. The zero-order chi connectivity index (χ0) is 34.1. The van der Waals surface area contributed by atoms with E-state index in [0.717, 1.165) is 32.2 Å². The summed E-state index contributed by atoms with van der Waals surface area (Å²) in [6, 6.07) is 6.90. The third-order valence-corrected chi connectivity index (χ3v) is 8.71. The van der Waals surface area contributed by atoms with Crippen LogP contribution in [0, 0.1) is 18.8 Å². The molecule has 1 aromatic carbocycles. The first kappa shape index (κ1) is 46.7. The molecule has 0 bridgehead atoms. The van der Waals surface area contributed by atoms with E-state index in [1.54, 1.807) is 0 Å². The number of hydrogen-bond acceptors (Lipinski definition) is 4. The first-order valence-electron chi connectivity index (χ1n) is 15.2. The molecule has 0 N–H and O–H groups in total. The number of nitrogens with zero attached hydrogens (tertiary/aromatic N) is 4. The molecule has 0 spiro atoms. The SMILES string of the molecule is C=C1N=C2[CH+]C=CC=C2C1(C)C.CC1=[N+](CCC[N+](C)(C)C)c2ccc(C)cc2C1(C)C.C[N+](C)(C)CCCBr.O=S(=O)=O.[Br-].[Br-]. The lowest BCUT2D eigenvalue weighted by atomic mass is 9.80. The van der Waals surface area contributed by atoms with Gasteiger partial charge in [-0.15, -0.1) is 12.6 Å². The molecule has 0 saturated heterocycles. The van der Waals surface area contributed by atoms with E-state index in [9.17, 15) is 0 Å². The van der Waals surface area contributed by atoms with Crippen LogP contribution in [0.15, 0.2) is 59.3 Å². The van der Waals surface area contributed by atoms with E-state index in [1.807, 2.05) is 12.5 Å². The average Bonchev–Trinajstić information content (AvgIpc) is 3.22. The number of hydrogen-bond donors (Lipinski definition) is 0. The summed E-state index contributed by atoms with van der Waals surface area (Å²) in [4.78, 5) is 4.41. The molecule has 0 saturated carbocycles. The number of aryl methyl sites for hydroxylation is 1. The zero-order valence-corrected chi connectivity index (χ0v) is 35.6. The molecule has 0 atom stereocenters. The molecule has 0 radical (unpaired) electrons. The highest BCUT2D eigenvalue weighted by Crippen LogP contribution is 2.42. The summed E-state index contributed by atoms with van der Waals surface area (Å²) in [5, 5.41) is 1.13. The zero-order valence-electron chi connectivity index (χ0n) is 30.0. The van der Waals surface area contributed by atoms with Crippen LogP contribution in [-0.4, -0.2) is 105 Å². The van der Waals surface area contributed by atoms with Crippen molar-refractivity contribution in [3.63, 3.8) is 0 Å². The summed E-state index contributed by atoms with van der Waals surface area (Å²) in [7, 11) is 10.3. The molecular formula is C35H57Br3N4O3S+2. The van der Waals surface area contributed by atoms with Crippen molar-refractivity contribution in [2.45, 2.75) is 59.8 Å². The quantitative estimate of drug-likeness (QED) is 0.176. The van der Waals surface area contributed by atoms with E-state index in [4.69, 9.17) is 12.6 Å². The van der Waals surface area contributed by atoms with Gasteiger partial charge in [0.25, 0.3) is 0 Å². The van der Waals surface area contributed by atoms with Crippen molar-refractivity contribution in [3.8, 4) is 0 Å². The van der Waals surface area contributed by atoms with Gasteiger partial charge in [-0.1, -0.05) is 34.1 Å². The molecular weight excluding hydrogens is 796 g/mol. The smallest absolute Gasteiger partial charge is 0.425 e. The van der Waals surface area contributed by atoms with Gasteiger partial charge in [-0.25, -0.2) is 4.99 Å². The highest BCUT2D eigenvalue weighted by molar-refractivity contribution is 9.09. The number of allylic oxidation sites excluding steroid dienone is 4. The molecule has 11 heteroatoms. The summed E-state index contributed by atoms with van der Waals surface area (Å²) in [6.45, 7) is 21.0. The Bertz CT molecular complexity index is 1410. The van der Waals surface area contributed by atoms with Gasteiger partial charge in [0.15, 0.2) is 18.0 Å². The van der Waals surface area contributed by atoms with E-state index in [1.165, 1.54) is 54.0 Å². The van der Waals surface area contributed by atoms with Gasteiger partial charge in [0, 0.05) is 36.4 Å². The molecule has 1 aliphatic carbocycles. The molecule has 4 rings (SSSR count). The molecule has 0 unspecified atom stereocenters. The van der Waals surface area contributed by atoms with Gasteiger partial charge < -0.3 is 42.9 Å². The fraction of sp³-hybridized carbons (Fsp3) is 0.571. The standard InChI is InChI=1S/C18H30N2.C11H12N.C6H15BrN.2BrH.O3S/c1-14-9-10-17-16(13-14)18(3,4)15(2)19(17)11-8-12-20(5,6)7;1-8-11(2,3)9-6-4-5-7-10(9)12-8;1-8(2,3)6-4-5-7;;;1-4(2)3/h9-10,13H,8,11-12H2,1-7H3;4-7H,1H2,2-3H3;4-6H2,1-3H3;2*1H;/q+2;2*+1;;;/p-2. The fourth-order valence-corrected chi connectivity index (χ4v) is 5.42. The van der Waals surface area contributed by atoms with E-state index >= 15 is 0 Å². The normalized spacial score (nSPS) is 16.6. The van der Waals surface area contributed by atoms with Crippen LogP contribution < -0.4 is 34.0 Å². The third kappa shape index (κ3) is 14.8. The molecule has 0 fully saturated rings. The Morgan fingerprint density at radius 1 is 0.913 bits per heavy atom. The molecule has 7 nitrogen and oxygen atoms in total. The minimum absolute atomic E-state index is 0. The summed E-state index contributed by atoms with van der Waals surface area (Å²) >= 11 is 3.39. The molecule has 0 amide bonds. The maximum atomic E-state index is 8.44. The number of alkyl halides is 1. The average molecular weight is 854 g/mol. The van der Waals surface area contributed by atoms with E-state index in [0.29, 0.717) is 0 Å². The lowest BCUT2D eigenvalue weighted by molar-refractivity contribution is -0.871. The van der Waals surface area contributed by atoms with Crippen molar-refractivity contribution in [3.05, 3.63) is 71.8 Å². The second-order valence-electron chi connectivity index (χ2n) is 14.7. The number of rotatable bonds is 7. The lowest BCUT2D eigenvalue weighted by Gasteiger charge is -2.23. The first-order chi connectivity index (χ1) is 20.0. The van der Waals surface area contributed by atoms with Gasteiger partial charge >= 0.3 is 10.6 Å². The lowest BCUT2D eigenvalue weighted by Crippen LogP contribution is -3.00. The van der Waals surface area contributed by atoms with Crippen LogP contribution in [0.3, 0.4) is 0 Å². The highest BCUT2D eigenvalue weighted by atomic mass is 79.9. The van der Waals surface area contributed by atoms with E-state index in [-0.39, 0.29) is 44.8 Å². The van der Waals surface area contributed by atoms with Gasteiger partial charge in [-0.2, -0.15) is 4.58 Å². The van der Waals surface area contributed by atoms with Crippen molar-refractivity contribution >= 4 is 43.6 Å². The summed E-state index contributed by atoms with van der Waals surface area (Å²) in [5.41, 5.74) is 9.26. The maximum absolute atomic E-state index is 8.44. The second kappa shape index (κ2) is 19.6. The first-order valence-corrected chi connectivity index (χ1v) is 17.3. The Kier molecular flexibility index (Phi) is 19.9. The Morgan fingerprint density at radius 2 is 1.43 bits per heavy atom. The maximum Gasteiger partial charge on any atom is 0.425 e. The largest absolute Gasteiger partial charge is 1.00 e. The molecule has 1 aromatic rings. The van der Waals surface area contributed by atoms with Gasteiger partial charge in [0.1, 0.15) is 0 Å². The summed E-state index contributed by atoms with van der Waals surface area (Å²) < 4.78 is 30.0. The van der Waals surface area contributed by atoms with Crippen LogP contribution >= 0.6 is 15.9 Å². The van der Waals surface area contributed by atoms with Crippen molar-refractivity contribution in [1.82, 2.24) is 0 Å². The van der Waals surface area contributed by atoms with Gasteiger partial charge in [-0.3, -0.25) is 0 Å². The Labute approximate surface area is 311 Å². The van der Waals surface area contributed by atoms with Crippen LogP contribution in [0.2, 0.25) is 0 Å². The number of aliphatic imine (C=N–C) groups is 1. The van der Waals surface area contributed by atoms with Crippen LogP contribution in [0.5, 0.6) is 0 Å². The summed E-state index contributed by atoms with van der Waals surface area (Å²) in [5.74, 6) is 0. The molecule has 2 aliphatic heterocycles. The Balaban J connectivity index is 0. The highest BCUT2D eigenvalue weighted by Gasteiger charge is 2.43. The number of halogens is 3. The van der Waals surface area contributed by atoms with Crippen LogP contribution in [0.1, 0.15) is 58.6 Å². The number of benzene rings is 1. The van der Waals surface area contributed by atoms with Crippen molar-refractivity contribution in [2.75, 3.05) is 67.3 Å². The fourth-order valence-electron chi connectivity index (χ4n) is 5.16. The minimum Gasteiger partial charge on any atom is -1.00 e. The Hall–Kier alpha value is -1.37. The number of fused-ring (bicyclic) bond motifs is 2. The minimum atomic E-state index is -3.11. The van der Waals surface area contributed by atoms with Gasteiger partial charge in [0.2, 0.25) is 5.69 Å². The van der Waals surface area contributed by atoms with Crippen LogP contribution in [0.25, 0.3) is 0 Å². The van der Waals surface area contributed by atoms with Crippen molar-refractivity contribution in [2.24, 2.45) is 10.4 Å². The second-order valence-corrected chi connectivity index (χ2v) is 15.9. The van der Waals surface area contributed by atoms with Crippen molar-refractivity contribution in [1.29, 1.82) is 0 Å². The topological polar surface area (TPSA) is 66.6 Å². The van der Waals surface area contributed by atoms with E-state index < -0.39 is 10.6 Å². The Morgan fingerprint density at radius 3 is 1.89 bits per heavy atom. The third-order valence-electron chi connectivity index (χ3n) is 8.15. The molecule has 0 aromatic heterocycles. The molecule has 2 heterocycles. The summed E-state index contributed by atoms with van der Waals surface area (Å²) in [6.07, 6.45) is 10.7. The predicted octanol–water partition coefficient (Wildman–Crippen LogP) is 0.650. The number of quaternary nitrogens is 2. The van der Waals surface area contributed by atoms with E-state index in [2.05, 4.69) is 146 Å². The molecule has 260 valence electrons. The van der Waals surface area contributed by atoms with Crippen LogP contribution in [0.4, 0.5) is 5.69 Å². The monoisotopic (exact) mass is 850 g/mol. The van der Waals surface area contributed by atoms with Crippen molar-refractivity contribution < 1.29 is 60.1 Å². The van der Waals surface area contributed by atoms with Gasteiger partial charge in [0.05, 0.1) is 102 Å². The molecule has 3 aliphatic rings. The predicted molar refractivity (Wildman–Crippen MR) is 190 cm³/mol. The van der Waals surface area contributed by atoms with Gasteiger partial charge in [-0.05, 0) is 40.7 Å².